The SMILES string of the molecule is C=C/C(C#Cc1ccccc1N=S(C)(=O)c1cccc(OC)c1)=C\C=C(/C)C(=O)CC. The zero-order chi connectivity index (χ0) is 22.9. The lowest BCUT2D eigenvalue weighted by atomic mass is 10.1. The molecule has 0 aliphatic heterocycles. The molecule has 5 heteroatoms. The van der Waals surface area contributed by atoms with Gasteiger partial charge in [-0.3, -0.25) is 4.79 Å². The Morgan fingerprint density at radius 2 is 1.94 bits per heavy atom. The molecular formula is C26H27NO3S. The second kappa shape index (κ2) is 11.1. The molecule has 160 valence electrons. The third-order valence-corrected chi connectivity index (χ3v) is 6.16. The predicted molar refractivity (Wildman–Crippen MR) is 128 cm³/mol. The van der Waals surface area contributed by atoms with Crippen LogP contribution in [0, 0.1) is 11.8 Å². The minimum absolute atomic E-state index is 0.0898. The molecule has 0 heterocycles. The number of methoxy groups -OCH3 is 1. The monoisotopic (exact) mass is 433 g/mol. The Morgan fingerprint density at radius 3 is 2.61 bits per heavy atom. The molecule has 0 saturated carbocycles. The smallest absolute Gasteiger partial charge is 0.158 e. The predicted octanol–water partition coefficient (Wildman–Crippen LogP) is 5.87. The summed E-state index contributed by atoms with van der Waals surface area (Å²) in [6.07, 6.45) is 7.20. The first kappa shape index (κ1) is 23.9. The van der Waals surface area contributed by atoms with Crippen LogP contribution in [0.2, 0.25) is 0 Å². The zero-order valence-corrected chi connectivity index (χ0v) is 19.2. The van der Waals surface area contributed by atoms with Gasteiger partial charge in [-0.2, -0.15) is 4.36 Å². The van der Waals surface area contributed by atoms with Crippen molar-refractivity contribution < 1.29 is 13.7 Å². The number of nitrogens with zero attached hydrogens (tertiary/aromatic N) is 1. The van der Waals surface area contributed by atoms with Crippen LogP contribution in [0.3, 0.4) is 0 Å². The van der Waals surface area contributed by atoms with E-state index >= 15 is 0 Å². The maximum absolute atomic E-state index is 13.3. The van der Waals surface area contributed by atoms with Gasteiger partial charge in [0.25, 0.3) is 0 Å². The standard InChI is InChI=1S/C26H27NO3S/c1-6-21(16-15-20(3)26(28)7-2)17-18-22-11-8-9-14-25(22)27-31(5,29)24-13-10-12-23(19-24)30-4/h6,8-16,19H,1,7H2,2-5H3/b20-15+,21-16+. The number of ketones is 1. The number of rotatable bonds is 7. The highest BCUT2D eigenvalue weighted by Gasteiger charge is 2.09. The first-order valence-electron chi connectivity index (χ1n) is 9.82. The maximum Gasteiger partial charge on any atom is 0.158 e. The molecule has 1 unspecified atom stereocenters. The van der Waals surface area contributed by atoms with E-state index in [0.29, 0.717) is 39.5 Å². The fraction of sp³-hybridized carbons (Fsp3) is 0.192. The first-order valence-corrected chi connectivity index (χ1v) is 11.7. The van der Waals surface area contributed by atoms with Gasteiger partial charge in [0.2, 0.25) is 0 Å². The van der Waals surface area contributed by atoms with E-state index in [9.17, 15) is 9.00 Å². The highest BCUT2D eigenvalue weighted by atomic mass is 32.2. The molecule has 0 saturated heterocycles. The Morgan fingerprint density at radius 1 is 1.19 bits per heavy atom. The summed E-state index contributed by atoms with van der Waals surface area (Å²) in [5.41, 5.74) is 2.53. The van der Waals surface area contributed by atoms with Crippen LogP contribution in [0.25, 0.3) is 0 Å². The van der Waals surface area contributed by atoms with E-state index in [1.807, 2.05) is 25.1 Å². The third-order valence-electron chi connectivity index (χ3n) is 4.49. The number of hydrogen-bond acceptors (Lipinski definition) is 4. The van der Waals surface area contributed by atoms with Crippen LogP contribution in [0.5, 0.6) is 5.75 Å². The summed E-state index contributed by atoms with van der Waals surface area (Å²) in [7, 11) is -1.13. The Kier molecular flexibility index (Phi) is 8.60. The molecular weight excluding hydrogens is 406 g/mol. The summed E-state index contributed by atoms with van der Waals surface area (Å²) in [5, 5.41) is 0. The average Bonchev–Trinajstić information content (AvgIpc) is 2.79. The fourth-order valence-corrected chi connectivity index (χ4v) is 3.93. The summed E-state index contributed by atoms with van der Waals surface area (Å²) in [6, 6.07) is 14.4. The summed E-state index contributed by atoms with van der Waals surface area (Å²) >= 11 is 0. The van der Waals surface area contributed by atoms with Crippen molar-refractivity contribution in [2.75, 3.05) is 13.4 Å². The molecule has 0 spiro atoms. The Bertz CT molecular complexity index is 1220. The van der Waals surface area contributed by atoms with Gasteiger partial charge in [-0.05, 0) is 48.9 Å². The van der Waals surface area contributed by atoms with E-state index in [-0.39, 0.29) is 5.78 Å². The van der Waals surface area contributed by atoms with Crippen LogP contribution < -0.4 is 4.74 Å². The van der Waals surface area contributed by atoms with E-state index in [2.05, 4.69) is 22.8 Å². The van der Waals surface area contributed by atoms with E-state index in [0.717, 1.165) is 0 Å². The Balaban J connectivity index is 2.45. The summed E-state index contributed by atoms with van der Waals surface area (Å²) in [6.45, 7) is 7.40. The van der Waals surface area contributed by atoms with Crippen LogP contribution in [-0.2, 0) is 14.5 Å². The van der Waals surface area contributed by atoms with Gasteiger partial charge in [-0.1, -0.05) is 55.7 Å². The molecule has 0 aliphatic carbocycles. The highest BCUT2D eigenvalue weighted by Crippen LogP contribution is 2.25. The van der Waals surface area contributed by atoms with Crippen molar-refractivity contribution in [3.05, 3.63) is 90.0 Å². The van der Waals surface area contributed by atoms with Crippen LogP contribution in [0.1, 0.15) is 25.8 Å². The number of carbonyl (C=O) groups is 1. The van der Waals surface area contributed by atoms with Crippen LogP contribution in [0.15, 0.2) is 93.7 Å². The van der Waals surface area contributed by atoms with Crippen LogP contribution in [-0.4, -0.2) is 23.4 Å². The van der Waals surface area contributed by atoms with Gasteiger partial charge < -0.3 is 4.74 Å². The second-order valence-corrected chi connectivity index (χ2v) is 9.05. The highest BCUT2D eigenvalue weighted by molar-refractivity contribution is 7.93. The first-order chi connectivity index (χ1) is 14.8. The molecule has 2 aromatic carbocycles. The maximum atomic E-state index is 13.3. The lowest BCUT2D eigenvalue weighted by Crippen LogP contribution is -1.98. The summed E-state index contributed by atoms with van der Waals surface area (Å²) in [5.74, 6) is 6.84. The normalized spacial score (nSPS) is 13.4. The molecule has 1 atom stereocenters. The van der Waals surface area contributed by atoms with Crippen LogP contribution in [0.4, 0.5) is 5.69 Å². The molecule has 2 rings (SSSR count). The quantitative estimate of drug-likeness (QED) is 0.312. The lowest BCUT2D eigenvalue weighted by molar-refractivity contribution is -0.115. The number of allylic oxidation sites excluding steroid dienone is 5. The number of carbonyl (C=O) groups excluding carboxylic acids is 1. The third kappa shape index (κ3) is 6.84. The topological polar surface area (TPSA) is 55.7 Å². The van der Waals surface area contributed by atoms with Gasteiger partial charge in [-0.15, -0.1) is 0 Å². The molecule has 4 nitrogen and oxygen atoms in total. The summed E-state index contributed by atoms with van der Waals surface area (Å²) in [4.78, 5) is 12.3. The largest absolute Gasteiger partial charge is 0.497 e. The molecule has 0 bridgehead atoms. The second-order valence-electron chi connectivity index (χ2n) is 6.79. The van der Waals surface area contributed by atoms with Crippen molar-refractivity contribution in [3.63, 3.8) is 0 Å². The molecule has 0 aliphatic rings. The number of ether oxygens (including phenoxy) is 1. The van der Waals surface area contributed by atoms with Gasteiger partial charge in [0.05, 0.1) is 33.0 Å². The Labute approximate surface area is 185 Å². The average molecular weight is 434 g/mol. The minimum atomic E-state index is -2.70. The Hall–Kier alpha value is -3.36. The number of hydrogen-bond donors (Lipinski definition) is 0. The van der Waals surface area contributed by atoms with Crippen molar-refractivity contribution in [2.45, 2.75) is 25.2 Å². The van der Waals surface area contributed by atoms with Gasteiger partial charge in [0.1, 0.15) is 5.75 Å². The number of benzene rings is 2. The summed E-state index contributed by atoms with van der Waals surface area (Å²) < 4.78 is 23.1. The van der Waals surface area contributed by atoms with E-state index in [4.69, 9.17) is 4.74 Å². The van der Waals surface area contributed by atoms with E-state index < -0.39 is 9.73 Å². The van der Waals surface area contributed by atoms with E-state index in [1.165, 1.54) is 0 Å². The molecule has 0 fully saturated rings. The fourth-order valence-electron chi connectivity index (χ4n) is 2.62. The molecule has 31 heavy (non-hydrogen) atoms. The van der Waals surface area contributed by atoms with Crippen molar-refractivity contribution >= 4 is 21.2 Å². The van der Waals surface area contributed by atoms with Gasteiger partial charge in [0, 0.05) is 18.2 Å². The van der Waals surface area contributed by atoms with Gasteiger partial charge in [0.15, 0.2) is 5.78 Å². The zero-order valence-electron chi connectivity index (χ0n) is 18.3. The lowest BCUT2D eigenvalue weighted by Gasteiger charge is -2.07. The van der Waals surface area contributed by atoms with Crippen molar-refractivity contribution in [1.29, 1.82) is 0 Å². The minimum Gasteiger partial charge on any atom is -0.497 e. The molecule has 2 aromatic rings. The van der Waals surface area contributed by atoms with Gasteiger partial charge in [-0.25, -0.2) is 4.21 Å². The molecule has 0 aromatic heterocycles. The van der Waals surface area contributed by atoms with Crippen LogP contribution >= 0.6 is 0 Å². The van der Waals surface area contributed by atoms with Gasteiger partial charge >= 0.3 is 0 Å². The molecule has 0 radical (unpaired) electrons. The molecule has 0 amide bonds. The van der Waals surface area contributed by atoms with Crippen molar-refractivity contribution in [2.24, 2.45) is 4.36 Å². The van der Waals surface area contributed by atoms with Crippen molar-refractivity contribution in [3.8, 4) is 17.6 Å². The molecule has 0 N–H and O–H groups in total. The number of Topliss-reactive ketones (excluding diaryl/α,β-unsaturated/α-hetero) is 1. The van der Waals surface area contributed by atoms with E-state index in [1.54, 1.807) is 68.8 Å². The van der Waals surface area contributed by atoms with Crippen molar-refractivity contribution in [1.82, 2.24) is 0 Å².